The fourth-order valence-corrected chi connectivity index (χ4v) is 5.23. The van der Waals surface area contributed by atoms with Crippen molar-refractivity contribution in [1.82, 2.24) is 34.1 Å². The Bertz CT molecular complexity index is 1830. The third-order valence-corrected chi connectivity index (χ3v) is 7.53. The Morgan fingerprint density at radius 1 is 1.10 bits per heavy atom. The van der Waals surface area contributed by atoms with Crippen molar-refractivity contribution in [1.29, 1.82) is 0 Å². The van der Waals surface area contributed by atoms with Crippen LogP contribution < -0.4 is 10.3 Å². The highest BCUT2D eigenvalue weighted by Gasteiger charge is 2.35. The van der Waals surface area contributed by atoms with Gasteiger partial charge in [0.15, 0.2) is 11.5 Å². The first-order valence-electron chi connectivity index (χ1n) is 12.9. The molecule has 0 spiro atoms. The molecule has 4 heterocycles. The smallest absolute Gasteiger partial charge is 0.434 e. The zero-order chi connectivity index (χ0) is 28.9. The molecule has 13 heteroatoms. The summed E-state index contributed by atoms with van der Waals surface area (Å²) in [5, 5.41) is 0.644. The highest BCUT2D eigenvalue weighted by molar-refractivity contribution is 9.10. The van der Waals surface area contributed by atoms with Crippen molar-refractivity contribution in [3.63, 3.8) is 0 Å². The molecule has 0 atom stereocenters. The van der Waals surface area contributed by atoms with E-state index in [-0.39, 0.29) is 23.8 Å². The Kier molecular flexibility index (Phi) is 6.84. The first-order chi connectivity index (χ1) is 19.7. The van der Waals surface area contributed by atoms with Crippen LogP contribution in [-0.4, -0.2) is 41.2 Å². The van der Waals surface area contributed by atoms with Crippen LogP contribution in [-0.2, 0) is 19.3 Å². The number of halogens is 4. The summed E-state index contributed by atoms with van der Waals surface area (Å²) in [6.45, 7) is 2.26. The van der Waals surface area contributed by atoms with Crippen LogP contribution in [0.25, 0.3) is 33.8 Å². The van der Waals surface area contributed by atoms with Gasteiger partial charge in [0.1, 0.15) is 23.4 Å². The van der Waals surface area contributed by atoms with E-state index in [1.54, 1.807) is 43.5 Å². The van der Waals surface area contributed by atoms with Gasteiger partial charge in [0, 0.05) is 35.8 Å². The molecule has 1 aliphatic rings. The summed E-state index contributed by atoms with van der Waals surface area (Å²) < 4.78 is 48.6. The number of nitrogens with zero attached hydrogens (tertiary/aromatic N) is 7. The maximum absolute atomic E-state index is 13.3. The van der Waals surface area contributed by atoms with Crippen LogP contribution in [0.5, 0.6) is 5.88 Å². The molecule has 0 saturated heterocycles. The van der Waals surface area contributed by atoms with Gasteiger partial charge >= 0.3 is 6.18 Å². The number of benzene rings is 1. The van der Waals surface area contributed by atoms with Gasteiger partial charge in [0.2, 0.25) is 5.88 Å². The third-order valence-electron chi connectivity index (χ3n) is 6.97. The predicted octanol–water partition coefficient (Wildman–Crippen LogP) is 5.85. The molecule has 5 aromatic rings. The minimum absolute atomic E-state index is 0.166. The second-order valence-electron chi connectivity index (χ2n) is 9.70. The summed E-state index contributed by atoms with van der Waals surface area (Å²) in [5.74, 6) is 1.22. The van der Waals surface area contributed by atoms with Gasteiger partial charge in [-0.1, -0.05) is 24.3 Å². The molecule has 0 bridgehead atoms. The number of methoxy groups -OCH3 is 1. The number of rotatable bonds is 7. The monoisotopic (exact) mass is 625 g/mol. The van der Waals surface area contributed by atoms with E-state index in [1.165, 1.54) is 22.6 Å². The standard InChI is InChI=1S/C28H23BrF3N7O2/c1-3-38-13-20(28(30,31)32)36-24(38)17-6-4-15(5-7-17)12-39-25-18(10-19(29)27(39)40)11-33-23(37-25)21-22(16-8-9-16)34-14-35-26(21)41-2/h4-7,10-11,13-14,16H,3,8-9,12H2,1-2H3. The number of hydrogen-bond acceptors (Lipinski definition) is 7. The van der Waals surface area contributed by atoms with Crippen molar-refractivity contribution in [3.05, 3.63) is 80.8 Å². The molecule has 0 amide bonds. The summed E-state index contributed by atoms with van der Waals surface area (Å²) in [5.41, 5.74) is 1.89. The van der Waals surface area contributed by atoms with Crippen LogP contribution in [0.1, 0.15) is 42.6 Å². The van der Waals surface area contributed by atoms with Crippen LogP contribution in [0, 0.1) is 0 Å². The van der Waals surface area contributed by atoms with Crippen LogP contribution in [0.3, 0.4) is 0 Å². The lowest BCUT2D eigenvalue weighted by Crippen LogP contribution is -2.22. The van der Waals surface area contributed by atoms with E-state index in [2.05, 4.69) is 35.9 Å². The molecule has 41 heavy (non-hydrogen) atoms. The zero-order valence-corrected chi connectivity index (χ0v) is 23.6. The molecule has 1 fully saturated rings. The molecule has 9 nitrogen and oxygen atoms in total. The van der Waals surface area contributed by atoms with Crippen molar-refractivity contribution in [2.45, 2.75) is 44.9 Å². The van der Waals surface area contributed by atoms with Crippen LogP contribution in [0.15, 0.2) is 58.3 Å². The fourth-order valence-electron chi connectivity index (χ4n) is 4.77. The molecule has 4 aromatic heterocycles. The molecule has 1 aliphatic carbocycles. The van der Waals surface area contributed by atoms with Crippen LogP contribution in [0.4, 0.5) is 13.2 Å². The van der Waals surface area contributed by atoms with E-state index >= 15 is 0 Å². The molecule has 1 saturated carbocycles. The van der Waals surface area contributed by atoms with Crippen LogP contribution >= 0.6 is 15.9 Å². The lowest BCUT2D eigenvalue weighted by molar-refractivity contribution is -0.140. The van der Waals surface area contributed by atoms with Crippen molar-refractivity contribution >= 4 is 27.0 Å². The summed E-state index contributed by atoms with van der Waals surface area (Å²) in [7, 11) is 1.52. The van der Waals surface area contributed by atoms with E-state index in [1.807, 2.05) is 0 Å². The minimum atomic E-state index is -4.53. The van der Waals surface area contributed by atoms with E-state index in [4.69, 9.17) is 9.72 Å². The van der Waals surface area contributed by atoms with E-state index in [9.17, 15) is 18.0 Å². The fraction of sp³-hybridized carbons (Fsp3) is 0.286. The summed E-state index contributed by atoms with van der Waals surface area (Å²) >= 11 is 3.35. The summed E-state index contributed by atoms with van der Waals surface area (Å²) in [4.78, 5) is 35.2. The SMILES string of the molecule is CCn1cc(C(F)(F)F)nc1-c1ccc(Cn2c(=O)c(Br)cc3cnc(-c4c(OC)ncnc4C4CC4)nc32)cc1. The highest BCUT2D eigenvalue weighted by Crippen LogP contribution is 2.45. The molecule has 210 valence electrons. The number of imidazole rings is 1. The molecular weight excluding hydrogens is 603 g/mol. The second kappa shape index (κ2) is 10.4. The average molecular weight is 626 g/mol. The lowest BCUT2D eigenvalue weighted by atomic mass is 10.1. The Hall–Kier alpha value is -4.13. The maximum atomic E-state index is 13.3. The topological polar surface area (TPSA) is 101 Å². The number of fused-ring (bicyclic) bond motifs is 1. The van der Waals surface area contributed by atoms with Crippen molar-refractivity contribution in [2.75, 3.05) is 7.11 Å². The summed E-state index contributed by atoms with van der Waals surface area (Å²) in [6.07, 6.45) is 1.59. The number of aromatic nitrogens is 7. The van der Waals surface area contributed by atoms with Gasteiger partial charge in [0.05, 0.1) is 23.8 Å². The van der Waals surface area contributed by atoms with Gasteiger partial charge in [-0.25, -0.2) is 24.9 Å². The number of alkyl halides is 3. The lowest BCUT2D eigenvalue weighted by Gasteiger charge is -2.14. The van der Waals surface area contributed by atoms with Gasteiger partial charge in [-0.3, -0.25) is 9.36 Å². The second-order valence-corrected chi connectivity index (χ2v) is 10.6. The Labute approximate surface area is 240 Å². The van der Waals surface area contributed by atoms with Gasteiger partial charge in [-0.05, 0) is 47.3 Å². The quantitative estimate of drug-likeness (QED) is 0.224. The number of aryl methyl sites for hydroxylation is 1. The number of ether oxygens (including phenoxy) is 1. The molecular formula is C28H23BrF3N7O2. The third kappa shape index (κ3) is 5.09. The number of hydrogen-bond donors (Lipinski definition) is 0. The van der Waals surface area contributed by atoms with E-state index < -0.39 is 11.9 Å². The van der Waals surface area contributed by atoms with Gasteiger partial charge in [0.25, 0.3) is 5.56 Å². The Morgan fingerprint density at radius 2 is 1.85 bits per heavy atom. The maximum Gasteiger partial charge on any atom is 0.434 e. The Morgan fingerprint density at radius 3 is 2.51 bits per heavy atom. The van der Waals surface area contributed by atoms with Crippen LogP contribution in [0.2, 0.25) is 0 Å². The number of pyridine rings is 1. The minimum Gasteiger partial charge on any atom is -0.480 e. The molecule has 0 aliphatic heterocycles. The molecule has 0 N–H and O–H groups in total. The van der Waals surface area contributed by atoms with E-state index in [0.29, 0.717) is 44.9 Å². The molecule has 1 aromatic carbocycles. The highest BCUT2D eigenvalue weighted by atomic mass is 79.9. The first-order valence-corrected chi connectivity index (χ1v) is 13.7. The first kappa shape index (κ1) is 27.1. The van der Waals surface area contributed by atoms with E-state index in [0.717, 1.165) is 30.3 Å². The Balaban J connectivity index is 1.40. The normalized spacial score (nSPS) is 13.6. The van der Waals surface area contributed by atoms with Gasteiger partial charge in [-0.15, -0.1) is 0 Å². The van der Waals surface area contributed by atoms with Crippen molar-refractivity contribution in [2.24, 2.45) is 0 Å². The van der Waals surface area contributed by atoms with Gasteiger partial charge < -0.3 is 9.30 Å². The molecule has 0 unspecified atom stereocenters. The van der Waals surface area contributed by atoms with Gasteiger partial charge in [-0.2, -0.15) is 13.2 Å². The van der Waals surface area contributed by atoms with Crippen molar-refractivity contribution < 1.29 is 17.9 Å². The zero-order valence-electron chi connectivity index (χ0n) is 22.0. The predicted molar refractivity (Wildman–Crippen MR) is 148 cm³/mol. The molecule has 6 rings (SSSR count). The largest absolute Gasteiger partial charge is 0.480 e. The summed E-state index contributed by atoms with van der Waals surface area (Å²) in [6, 6.07) is 8.59. The average Bonchev–Trinajstić information content (AvgIpc) is 3.72. The van der Waals surface area contributed by atoms with Crippen molar-refractivity contribution in [3.8, 4) is 28.7 Å². The molecule has 0 radical (unpaired) electrons.